The molecule has 4 aromatic rings. The Morgan fingerprint density at radius 3 is 1.95 bits per heavy atom. The Kier molecular flexibility index (Phi) is 2.97. The van der Waals surface area contributed by atoms with Gasteiger partial charge in [0.15, 0.2) is 0 Å². The molecule has 0 unspecified atom stereocenters. The number of nitrogens with zero attached hydrogens (tertiary/aromatic N) is 2. The largest absolute Gasteiger partial charge is 0.339 e. The van der Waals surface area contributed by atoms with Crippen LogP contribution in [0.25, 0.3) is 21.8 Å². The number of hydrogen-bond donors (Lipinski definition) is 1. The second-order valence-electron chi connectivity index (χ2n) is 5.31. The minimum atomic E-state index is 0.853. The van der Waals surface area contributed by atoms with E-state index in [0.717, 1.165) is 11.5 Å². The molecule has 2 aromatic carbocycles. The van der Waals surface area contributed by atoms with Crippen LogP contribution in [-0.4, -0.2) is 4.98 Å². The molecule has 2 aromatic heterocycles. The topological polar surface area (TPSA) is 28.8 Å². The summed E-state index contributed by atoms with van der Waals surface area (Å²) < 4.78 is 2.23. The van der Waals surface area contributed by atoms with Crippen molar-refractivity contribution in [2.24, 2.45) is 7.05 Å². The van der Waals surface area contributed by atoms with E-state index < -0.39 is 0 Å². The second kappa shape index (κ2) is 5.11. The molecule has 4 rings (SSSR count). The van der Waals surface area contributed by atoms with Crippen molar-refractivity contribution in [1.29, 1.82) is 0 Å². The van der Waals surface area contributed by atoms with Gasteiger partial charge in [-0.25, -0.2) is 4.98 Å². The molecule has 0 aliphatic heterocycles. The van der Waals surface area contributed by atoms with Gasteiger partial charge in [0.05, 0.1) is 16.5 Å². The van der Waals surface area contributed by atoms with E-state index in [2.05, 4.69) is 70.4 Å². The summed E-state index contributed by atoms with van der Waals surface area (Å²) in [6.45, 7) is 0. The van der Waals surface area contributed by atoms with Gasteiger partial charge >= 0.3 is 0 Å². The van der Waals surface area contributed by atoms with Crippen molar-refractivity contribution in [3.63, 3.8) is 0 Å². The van der Waals surface area contributed by atoms with Crippen LogP contribution in [0.5, 0.6) is 0 Å². The first-order valence-corrected chi connectivity index (χ1v) is 7.32. The van der Waals surface area contributed by atoms with Gasteiger partial charge in [-0.15, -0.1) is 0 Å². The van der Waals surface area contributed by atoms with E-state index in [9.17, 15) is 0 Å². The number of aryl methyl sites for hydroxylation is 1. The molecule has 0 atom stereocenters. The number of pyridine rings is 2. The lowest BCUT2D eigenvalue weighted by Gasteiger charge is -2.11. The van der Waals surface area contributed by atoms with Crippen LogP contribution in [0, 0.1) is 0 Å². The summed E-state index contributed by atoms with van der Waals surface area (Å²) in [7, 11) is 2.11. The van der Waals surface area contributed by atoms with Gasteiger partial charge in [0.25, 0.3) is 0 Å². The predicted octanol–water partition coefficient (Wildman–Crippen LogP) is 3.96. The van der Waals surface area contributed by atoms with Gasteiger partial charge < -0.3 is 5.32 Å². The lowest BCUT2D eigenvalue weighted by atomic mass is 10.1. The highest BCUT2D eigenvalue weighted by Crippen LogP contribution is 2.31. The van der Waals surface area contributed by atoms with Gasteiger partial charge in [0, 0.05) is 18.3 Å². The van der Waals surface area contributed by atoms with Gasteiger partial charge in [-0.3, -0.25) is 0 Å². The molecule has 0 radical (unpaired) electrons. The second-order valence-corrected chi connectivity index (χ2v) is 5.31. The third kappa shape index (κ3) is 1.99. The average molecular weight is 286 g/mol. The average Bonchev–Trinajstić information content (AvgIpc) is 2.59. The zero-order chi connectivity index (χ0) is 14.9. The van der Waals surface area contributed by atoms with Crippen molar-refractivity contribution in [2.45, 2.75) is 0 Å². The zero-order valence-corrected chi connectivity index (χ0v) is 12.3. The summed E-state index contributed by atoms with van der Waals surface area (Å²) >= 11 is 0. The van der Waals surface area contributed by atoms with E-state index in [1.807, 2.05) is 18.2 Å². The van der Waals surface area contributed by atoms with E-state index in [0.29, 0.717) is 0 Å². The van der Waals surface area contributed by atoms with Crippen LogP contribution < -0.4 is 9.88 Å². The van der Waals surface area contributed by atoms with E-state index in [-0.39, 0.29) is 0 Å². The van der Waals surface area contributed by atoms with E-state index >= 15 is 0 Å². The van der Waals surface area contributed by atoms with Crippen LogP contribution in [0.15, 0.2) is 72.9 Å². The van der Waals surface area contributed by atoms with Gasteiger partial charge in [-0.05, 0) is 24.3 Å². The minimum absolute atomic E-state index is 0.853. The van der Waals surface area contributed by atoms with Crippen LogP contribution in [0.2, 0.25) is 0 Å². The Balaban J connectivity index is 2.07. The molecule has 106 valence electrons. The van der Waals surface area contributed by atoms with E-state index in [4.69, 9.17) is 0 Å². The van der Waals surface area contributed by atoms with Gasteiger partial charge in [-0.1, -0.05) is 30.3 Å². The maximum Gasteiger partial charge on any atom is 0.214 e. The molecule has 0 aliphatic carbocycles. The summed E-state index contributed by atoms with van der Waals surface area (Å²) in [4.78, 5) is 4.39. The number of benzene rings is 2. The van der Waals surface area contributed by atoms with Crippen LogP contribution >= 0.6 is 0 Å². The number of rotatable bonds is 2. The Morgan fingerprint density at radius 1 is 0.773 bits per heavy atom. The number of nitrogens with one attached hydrogen (secondary N) is 1. The molecule has 0 saturated carbocycles. The van der Waals surface area contributed by atoms with Crippen LogP contribution in [-0.2, 0) is 7.05 Å². The number of aromatic nitrogens is 2. The Bertz CT molecular complexity index is 905. The fourth-order valence-electron chi connectivity index (χ4n) is 2.93. The highest BCUT2D eigenvalue weighted by atomic mass is 15.0. The molecule has 22 heavy (non-hydrogen) atoms. The summed E-state index contributed by atoms with van der Waals surface area (Å²) in [5.74, 6) is 0.853. The zero-order valence-electron chi connectivity index (χ0n) is 12.3. The van der Waals surface area contributed by atoms with Crippen LogP contribution in [0.3, 0.4) is 0 Å². The summed E-state index contributed by atoms with van der Waals surface area (Å²) in [5.41, 5.74) is 3.49. The number of fused-ring (bicyclic) bond motifs is 2. The van der Waals surface area contributed by atoms with Crippen molar-refractivity contribution in [3.8, 4) is 0 Å². The van der Waals surface area contributed by atoms with Gasteiger partial charge in [0.1, 0.15) is 12.9 Å². The molecule has 2 heterocycles. The number of para-hydroxylation sites is 2. The lowest BCUT2D eigenvalue weighted by molar-refractivity contribution is -0.617. The van der Waals surface area contributed by atoms with Crippen LogP contribution in [0.4, 0.5) is 11.5 Å². The van der Waals surface area contributed by atoms with Crippen LogP contribution in [0.1, 0.15) is 0 Å². The molecular weight excluding hydrogens is 270 g/mol. The third-order valence-corrected chi connectivity index (χ3v) is 3.99. The molecule has 0 saturated heterocycles. The summed E-state index contributed by atoms with van der Waals surface area (Å²) in [5, 5.41) is 5.87. The fraction of sp³-hybridized carbons (Fsp3) is 0.0526. The summed E-state index contributed by atoms with van der Waals surface area (Å²) in [6, 6.07) is 22.8. The Labute approximate surface area is 128 Å². The molecule has 1 N–H and O–H groups in total. The molecule has 0 aliphatic rings. The molecule has 0 bridgehead atoms. The highest BCUT2D eigenvalue weighted by molar-refractivity contribution is 6.05. The van der Waals surface area contributed by atoms with Crippen molar-refractivity contribution >= 4 is 33.3 Å². The smallest absolute Gasteiger partial charge is 0.214 e. The van der Waals surface area contributed by atoms with Gasteiger partial charge in [0.2, 0.25) is 11.0 Å². The Hall–Kier alpha value is -2.94. The highest BCUT2D eigenvalue weighted by Gasteiger charge is 2.17. The Morgan fingerprint density at radius 2 is 1.36 bits per heavy atom. The lowest BCUT2D eigenvalue weighted by Crippen LogP contribution is -2.30. The predicted molar refractivity (Wildman–Crippen MR) is 90.1 cm³/mol. The molecule has 0 spiro atoms. The number of anilines is 2. The molecular formula is C19H16N3+. The normalized spacial score (nSPS) is 11.0. The maximum absolute atomic E-state index is 4.39. The third-order valence-electron chi connectivity index (χ3n) is 3.99. The van der Waals surface area contributed by atoms with Crippen molar-refractivity contribution in [2.75, 3.05) is 5.32 Å². The van der Waals surface area contributed by atoms with E-state index in [1.165, 1.54) is 21.8 Å². The molecule has 3 nitrogen and oxygen atoms in total. The summed E-state index contributed by atoms with van der Waals surface area (Å²) in [6.07, 6.45) is 1.80. The SMILES string of the molecule is C[n+]1c2ccccc2c(Nc2ccccn2)c2ccccc21. The molecule has 0 fully saturated rings. The first-order chi connectivity index (χ1) is 10.8. The quantitative estimate of drug-likeness (QED) is 0.446. The fourth-order valence-corrected chi connectivity index (χ4v) is 2.93. The van der Waals surface area contributed by atoms with Crippen molar-refractivity contribution in [3.05, 3.63) is 72.9 Å². The number of hydrogen-bond acceptors (Lipinski definition) is 2. The van der Waals surface area contributed by atoms with Crippen molar-refractivity contribution in [1.82, 2.24) is 4.98 Å². The maximum atomic E-state index is 4.39. The van der Waals surface area contributed by atoms with Crippen molar-refractivity contribution < 1.29 is 4.57 Å². The molecule has 3 heteroatoms. The monoisotopic (exact) mass is 286 g/mol. The standard InChI is InChI=1S/C19H15N3/c1-22-16-10-4-2-8-14(16)19(15-9-3-5-11-17(15)22)21-18-12-6-7-13-20-18/h2-13H,1H3/p+1. The first-order valence-electron chi connectivity index (χ1n) is 7.32. The van der Waals surface area contributed by atoms with Gasteiger partial charge in [-0.2, -0.15) is 4.57 Å². The molecule has 0 amide bonds. The first kappa shape index (κ1) is 12.8. The minimum Gasteiger partial charge on any atom is -0.339 e. The van der Waals surface area contributed by atoms with E-state index in [1.54, 1.807) is 6.20 Å².